The van der Waals surface area contributed by atoms with Gasteiger partial charge in [0, 0.05) is 31.0 Å². The molecule has 1 aromatic rings. The maximum Gasteiger partial charge on any atom is 0.328 e. The van der Waals surface area contributed by atoms with E-state index in [0.717, 1.165) is 19.5 Å². The average molecular weight is 225 g/mol. The molecule has 0 aromatic carbocycles. The van der Waals surface area contributed by atoms with Gasteiger partial charge < -0.3 is 5.32 Å². The van der Waals surface area contributed by atoms with E-state index in [9.17, 15) is 4.79 Å². The lowest BCUT2D eigenvalue weighted by Gasteiger charge is -2.15. The van der Waals surface area contributed by atoms with Gasteiger partial charge in [0.1, 0.15) is 0 Å². The molecule has 0 spiro atoms. The zero-order chi connectivity index (χ0) is 12.1. The fourth-order valence-corrected chi connectivity index (χ4v) is 1.82. The minimum atomic E-state index is 0.0892. The Morgan fingerprint density at radius 3 is 2.44 bits per heavy atom. The Kier molecular flexibility index (Phi) is 4.80. The minimum absolute atomic E-state index is 0.0892. The second-order valence-corrected chi connectivity index (χ2v) is 4.40. The topological polar surface area (TPSA) is 39.0 Å². The number of aromatic nitrogens is 2. The van der Waals surface area contributed by atoms with E-state index in [1.54, 1.807) is 9.13 Å². The van der Waals surface area contributed by atoms with Crippen LogP contribution in [0.4, 0.5) is 0 Å². The van der Waals surface area contributed by atoms with Crippen LogP contribution in [-0.2, 0) is 6.54 Å². The van der Waals surface area contributed by atoms with Crippen LogP contribution < -0.4 is 11.0 Å². The predicted octanol–water partition coefficient (Wildman–Crippen LogP) is 1.62. The summed E-state index contributed by atoms with van der Waals surface area (Å²) >= 11 is 0. The number of hydrogen-bond acceptors (Lipinski definition) is 2. The lowest BCUT2D eigenvalue weighted by molar-refractivity contribution is 0.433. The Morgan fingerprint density at radius 2 is 2.00 bits per heavy atom. The molecule has 0 aliphatic rings. The van der Waals surface area contributed by atoms with Crippen LogP contribution in [0.5, 0.6) is 0 Å². The molecule has 0 saturated heterocycles. The number of likely N-dealkylation sites (N-methyl/N-ethyl adjacent to an activating group) is 1. The Balaban J connectivity index is 2.77. The standard InChI is InChI=1S/C12H23N3O/c1-5-11(13-6-2)9-14-7-8-15(10(3)4)12(14)16/h7-8,10-11,13H,5-6,9H2,1-4H3. The highest BCUT2D eigenvalue weighted by atomic mass is 16.1. The van der Waals surface area contributed by atoms with Crippen molar-refractivity contribution in [3.05, 3.63) is 22.9 Å². The van der Waals surface area contributed by atoms with Crippen molar-refractivity contribution in [2.45, 2.75) is 52.7 Å². The predicted molar refractivity (Wildman–Crippen MR) is 66.8 cm³/mol. The van der Waals surface area contributed by atoms with E-state index in [4.69, 9.17) is 0 Å². The molecule has 0 amide bonds. The molecule has 0 aliphatic heterocycles. The van der Waals surface area contributed by atoms with Gasteiger partial charge in [0.05, 0.1) is 0 Å². The molecule has 16 heavy (non-hydrogen) atoms. The molecule has 0 fully saturated rings. The minimum Gasteiger partial charge on any atom is -0.312 e. The second-order valence-electron chi connectivity index (χ2n) is 4.40. The van der Waals surface area contributed by atoms with Crippen molar-refractivity contribution in [2.24, 2.45) is 0 Å². The van der Waals surface area contributed by atoms with Crippen LogP contribution in [0.1, 0.15) is 40.2 Å². The number of rotatable bonds is 6. The van der Waals surface area contributed by atoms with E-state index >= 15 is 0 Å². The first-order chi connectivity index (χ1) is 7.60. The van der Waals surface area contributed by atoms with E-state index in [1.165, 1.54) is 0 Å². The van der Waals surface area contributed by atoms with E-state index in [1.807, 2.05) is 26.2 Å². The van der Waals surface area contributed by atoms with E-state index < -0.39 is 0 Å². The summed E-state index contributed by atoms with van der Waals surface area (Å²) in [5, 5.41) is 3.38. The summed E-state index contributed by atoms with van der Waals surface area (Å²) in [5.74, 6) is 0. The molecule has 1 unspecified atom stereocenters. The first-order valence-electron chi connectivity index (χ1n) is 6.10. The maximum absolute atomic E-state index is 12.0. The van der Waals surface area contributed by atoms with Gasteiger partial charge in [0.2, 0.25) is 0 Å². The Labute approximate surface area is 97.3 Å². The quantitative estimate of drug-likeness (QED) is 0.799. The van der Waals surface area contributed by atoms with Gasteiger partial charge in [-0.1, -0.05) is 13.8 Å². The van der Waals surface area contributed by atoms with Gasteiger partial charge in [-0.15, -0.1) is 0 Å². The van der Waals surface area contributed by atoms with Crippen molar-refractivity contribution in [1.82, 2.24) is 14.5 Å². The fraction of sp³-hybridized carbons (Fsp3) is 0.750. The third kappa shape index (κ3) is 2.98. The van der Waals surface area contributed by atoms with E-state index in [-0.39, 0.29) is 11.7 Å². The van der Waals surface area contributed by atoms with Crippen LogP contribution in [-0.4, -0.2) is 21.7 Å². The molecule has 92 valence electrons. The molecule has 4 nitrogen and oxygen atoms in total. The van der Waals surface area contributed by atoms with Gasteiger partial charge in [0.25, 0.3) is 0 Å². The number of imidazole rings is 1. The van der Waals surface area contributed by atoms with Crippen LogP contribution >= 0.6 is 0 Å². The van der Waals surface area contributed by atoms with E-state index in [0.29, 0.717) is 6.04 Å². The zero-order valence-electron chi connectivity index (χ0n) is 10.7. The van der Waals surface area contributed by atoms with Crippen LogP contribution in [0, 0.1) is 0 Å². The normalized spacial score (nSPS) is 13.3. The maximum atomic E-state index is 12.0. The molecule has 1 heterocycles. The molecule has 1 aromatic heterocycles. The summed E-state index contributed by atoms with van der Waals surface area (Å²) in [7, 11) is 0. The third-order valence-corrected chi connectivity index (χ3v) is 2.83. The number of hydrogen-bond donors (Lipinski definition) is 1. The molecule has 0 aliphatic carbocycles. The van der Waals surface area contributed by atoms with Crippen molar-refractivity contribution < 1.29 is 0 Å². The van der Waals surface area contributed by atoms with Crippen LogP contribution in [0.2, 0.25) is 0 Å². The van der Waals surface area contributed by atoms with Gasteiger partial charge in [-0.25, -0.2) is 4.79 Å². The molecule has 4 heteroatoms. The summed E-state index contributed by atoms with van der Waals surface area (Å²) in [6, 6.07) is 0.610. The van der Waals surface area contributed by atoms with Crippen LogP contribution in [0.3, 0.4) is 0 Å². The first-order valence-corrected chi connectivity index (χ1v) is 6.10. The number of nitrogens with zero attached hydrogens (tertiary/aromatic N) is 2. The molecule has 0 radical (unpaired) electrons. The lowest BCUT2D eigenvalue weighted by Crippen LogP contribution is -2.36. The average Bonchev–Trinajstić information content (AvgIpc) is 2.60. The van der Waals surface area contributed by atoms with Crippen molar-refractivity contribution in [3.63, 3.8) is 0 Å². The molecular formula is C12H23N3O. The van der Waals surface area contributed by atoms with Gasteiger partial charge >= 0.3 is 5.69 Å². The monoisotopic (exact) mass is 225 g/mol. The van der Waals surface area contributed by atoms with E-state index in [2.05, 4.69) is 19.2 Å². The highest BCUT2D eigenvalue weighted by molar-refractivity contribution is 4.85. The molecule has 1 atom stereocenters. The highest BCUT2D eigenvalue weighted by Crippen LogP contribution is 2.01. The summed E-state index contributed by atoms with van der Waals surface area (Å²) in [6.07, 6.45) is 4.78. The zero-order valence-corrected chi connectivity index (χ0v) is 10.7. The number of nitrogens with one attached hydrogen (secondary N) is 1. The molecule has 0 saturated carbocycles. The highest BCUT2D eigenvalue weighted by Gasteiger charge is 2.10. The molecular weight excluding hydrogens is 202 g/mol. The molecule has 0 bridgehead atoms. The second kappa shape index (κ2) is 5.89. The van der Waals surface area contributed by atoms with Crippen LogP contribution in [0.25, 0.3) is 0 Å². The first kappa shape index (κ1) is 13.0. The third-order valence-electron chi connectivity index (χ3n) is 2.83. The van der Waals surface area contributed by atoms with Crippen molar-refractivity contribution in [3.8, 4) is 0 Å². The lowest BCUT2D eigenvalue weighted by atomic mass is 10.2. The van der Waals surface area contributed by atoms with Gasteiger partial charge in [0.15, 0.2) is 0 Å². The summed E-state index contributed by atoms with van der Waals surface area (Å²) in [5.41, 5.74) is 0.0892. The van der Waals surface area contributed by atoms with Crippen molar-refractivity contribution in [1.29, 1.82) is 0 Å². The SMILES string of the molecule is CCNC(CC)Cn1ccn(C(C)C)c1=O. The Hall–Kier alpha value is -1.03. The van der Waals surface area contributed by atoms with Crippen molar-refractivity contribution in [2.75, 3.05) is 6.54 Å². The smallest absolute Gasteiger partial charge is 0.312 e. The molecule has 1 N–H and O–H groups in total. The summed E-state index contributed by atoms with van der Waals surface area (Å²) < 4.78 is 3.55. The van der Waals surface area contributed by atoms with Gasteiger partial charge in [-0.2, -0.15) is 0 Å². The Morgan fingerprint density at radius 1 is 1.31 bits per heavy atom. The van der Waals surface area contributed by atoms with Crippen molar-refractivity contribution >= 4 is 0 Å². The van der Waals surface area contributed by atoms with Gasteiger partial charge in [-0.3, -0.25) is 9.13 Å². The molecule has 1 rings (SSSR count). The Bertz CT molecular complexity index is 365. The van der Waals surface area contributed by atoms with Gasteiger partial charge in [-0.05, 0) is 26.8 Å². The largest absolute Gasteiger partial charge is 0.328 e. The fourth-order valence-electron chi connectivity index (χ4n) is 1.82. The summed E-state index contributed by atoms with van der Waals surface area (Å²) in [6.45, 7) is 9.96. The van der Waals surface area contributed by atoms with Crippen LogP contribution in [0.15, 0.2) is 17.2 Å². The summed E-state index contributed by atoms with van der Waals surface area (Å²) in [4.78, 5) is 12.0.